The van der Waals surface area contributed by atoms with Gasteiger partial charge < -0.3 is 0 Å². The standard InChI is InChI=1S/C13H9FN6OS/c14-9-3-1-8(2-4-9)12(21)19-20-11(17-18-13(20)22)10-7-15-5-6-16-10/h1-7H,(H,18,22)(H,19,21). The molecule has 2 aromatic heterocycles. The number of rotatable bonds is 3. The second-order valence-electron chi connectivity index (χ2n) is 4.23. The van der Waals surface area contributed by atoms with E-state index in [-0.39, 0.29) is 10.3 Å². The Morgan fingerprint density at radius 1 is 1.27 bits per heavy atom. The highest BCUT2D eigenvalue weighted by Gasteiger charge is 2.14. The van der Waals surface area contributed by atoms with Crippen LogP contribution < -0.4 is 5.43 Å². The summed E-state index contributed by atoms with van der Waals surface area (Å²) in [7, 11) is 0. The van der Waals surface area contributed by atoms with Crippen LogP contribution in [0.5, 0.6) is 0 Å². The molecule has 7 nitrogen and oxygen atoms in total. The summed E-state index contributed by atoms with van der Waals surface area (Å²) in [5.74, 6) is -0.562. The number of H-pyrrole nitrogens is 1. The normalized spacial score (nSPS) is 10.4. The van der Waals surface area contributed by atoms with Gasteiger partial charge in [0, 0.05) is 18.0 Å². The molecule has 0 saturated heterocycles. The van der Waals surface area contributed by atoms with Crippen molar-refractivity contribution in [2.75, 3.05) is 5.43 Å². The lowest BCUT2D eigenvalue weighted by Gasteiger charge is -2.08. The van der Waals surface area contributed by atoms with E-state index in [9.17, 15) is 9.18 Å². The molecule has 1 amide bonds. The van der Waals surface area contributed by atoms with Gasteiger partial charge in [0.15, 0.2) is 0 Å². The predicted molar refractivity (Wildman–Crippen MR) is 78.5 cm³/mol. The van der Waals surface area contributed by atoms with Crippen LogP contribution in [-0.4, -0.2) is 30.7 Å². The van der Waals surface area contributed by atoms with Crippen molar-refractivity contribution in [1.82, 2.24) is 24.8 Å². The van der Waals surface area contributed by atoms with Gasteiger partial charge in [-0.15, -0.1) is 0 Å². The van der Waals surface area contributed by atoms with E-state index in [2.05, 4.69) is 25.6 Å². The molecule has 0 unspecified atom stereocenters. The van der Waals surface area contributed by atoms with Crippen molar-refractivity contribution in [3.05, 3.63) is 59.0 Å². The quantitative estimate of drug-likeness (QED) is 0.721. The first-order chi connectivity index (χ1) is 10.6. The first kappa shape index (κ1) is 14.0. The summed E-state index contributed by atoms with van der Waals surface area (Å²) in [5.41, 5.74) is 3.31. The zero-order chi connectivity index (χ0) is 15.5. The molecule has 1 aromatic carbocycles. The van der Waals surface area contributed by atoms with E-state index in [1.165, 1.54) is 47.5 Å². The van der Waals surface area contributed by atoms with Crippen LogP contribution in [0.2, 0.25) is 0 Å². The van der Waals surface area contributed by atoms with Crippen LogP contribution in [0.1, 0.15) is 10.4 Å². The number of nitrogens with one attached hydrogen (secondary N) is 2. The van der Waals surface area contributed by atoms with Crippen molar-refractivity contribution in [3.63, 3.8) is 0 Å². The molecule has 0 saturated carbocycles. The Balaban J connectivity index is 1.93. The third kappa shape index (κ3) is 2.74. The van der Waals surface area contributed by atoms with Gasteiger partial charge in [0.2, 0.25) is 10.6 Å². The first-order valence-electron chi connectivity index (χ1n) is 6.16. The average Bonchev–Trinajstić information content (AvgIpc) is 2.90. The molecule has 0 aliphatic carbocycles. The molecule has 0 atom stereocenters. The van der Waals surface area contributed by atoms with E-state index in [0.717, 1.165) is 0 Å². The maximum atomic E-state index is 12.9. The van der Waals surface area contributed by atoms with Crippen LogP contribution in [-0.2, 0) is 0 Å². The number of carbonyl (C=O) groups excluding carboxylic acids is 1. The summed E-state index contributed by atoms with van der Waals surface area (Å²) in [5, 5.41) is 6.59. The average molecular weight is 316 g/mol. The number of carbonyl (C=O) groups is 1. The van der Waals surface area contributed by atoms with Gasteiger partial charge in [0.1, 0.15) is 11.5 Å². The van der Waals surface area contributed by atoms with E-state index in [1.54, 1.807) is 0 Å². The molecule has 9 heteroatoms. The van der Waals surface area contributed by atoms with Crippen molar-refractivity contribution in [3.8, 4) is 11.5 Å². The molecule has 2 N–H and O–H groups in total. The zero-order valence-electron chi connectivity index (χ0n) is 11.0. The summed E-state index contributed by atoms with van der Waals surface area (Å²) < 4.78 is 14.4. The molecule has 2 heterocycles. The van der Waals surface area contributed by atoms with Crippen LogP contribution in [0, 0.1) is 10.6 Å². The van der Waals surface area contributed by atoms with Crippen molar-refractivity contribution in [2.24, 2.45) is 0 Å². The van der Waals surface area contributed by atoms with Gasteiger partial charge in [0.25, 0.3) is 5.91 Å². The summed E-state index contributed by atoms with van der Waals surface area (Å²) in [4.78, 5) is 20.2. The molecule has 0 radical (unpaired) electrons. The maximum absolute atomic E-state index is 12.9. The van der Waals surface area contributed by atoms with Crippen LogP contribution in [0.15, 0.2) is 42.9 Å². The van der Waals surface area contributed by atoms with Crippen molar-refractivity contribution in [2.45, 2.75) is 0 Å². The zero-order valence-corrected chi connectivity index (χ0v) is 11.8. The minimum Gasteiger partial charge on any atom is -0.267 e. The van der Waals surface area contributed by atoms with Crippen LogP contribution in [0.25, 0.3) is 11.5 Å². The lowest BCUT2D eigenvalue weighted by atomic mass is 10.2. The number of aromatic amines is 1. The SMILES string of the molecule is O=C(Nn1c(-c2cnccn2)n[nH]c1=S)c1ccc(F)cc1. The van der Waals surface area contributed by atoms with Gasteiger partial charge in [0.05, 0.1) is 6.20 Å². The molecule has 0 aliphatic rings. The minimum absolute atomic E-state index is 0.191. The monoisotopic (exact) mass is 316 g/mol. The molecule has 0 spiro atoms. The fourth-order valence-corrected chi connectivity index (χ4v) is 1.93. The van der Waals surface area contributed by atoms with E-state index in [0.29, 0.717) is 11.5 Å². The molecule has 3 rings (SSSR count). The maximum Gasteiger partial charge on any atom is 0.270 e. The largest absolute Gasteiger partial charge is 0.270 e. The fraction of sp³-hybridized carbons (Fsp3) is 0. The molecule has 22 heavy (non-hydrogen) atoms. The Kier molecular flexibility index (Phi) is 3.71. The van der Waals surface area contributed by atoms with Gasteiger partial charge in [-0.2, -0.15) is 5.10 Å². The Morgan fingerprint density at radius 3 is 2.73 bits per heavy atom. The second kappa shape index (κ2) is 5.82. The number of hydrogen-bond donors (Lipinski definition) is 2. The first-order valence-corrected chi connectivity index (χ1v) is 6.57. The summed E-state index contributed by atoms with van der Waals surface area (Å²) in [6.45, 7) is 0. The van der Waals surface area contributed by atoms with E-state index in [4.69, 9.17) is 12.2 Å². The van der Waals surface area contributed by atoms with Gasteiger partial charge in [-0.05, 0) is 36.5 Å². The third-order valence-corrected chi connectivity index (χ3v) is 3.06. The number of halogens is 1. The van der Waals surface area contributed by atoms with Crippen molar-refractivity contribution in [1.29, 1.82) is 0 Å². The highest BCUT2D eigenvalue weighted by molar-refractivity contribution is 7.71. The molecular weight excluding hydrogens is 307 g/mol. The molecule has 0 fully saturated rings. The third-order valence-electron chi connectivity index (χ3n) is 2.78. The molecule has 3 aromatic rings. The number of nitrogens with zero attached hydrogens (tertiary/aromatic N) is 4. The molecule has 0 bridgehead atoms. The Hall–Kier alpha value is -2.94. The van der Waals surface area contributed by atoms with Crippen molar-refractivity contribution >= 4 is 18.1 Å². The lowest BCUT2D eigenvalue weighted by molar-refractivity contribution is 0.101. The smallest absolute Gasteiger partial charge is 0.267 e. The topological polar surface area (TPSA) is 88.5 Å². The van der Waals surface area contributed by atoms with Crippen LogP contribution in [0.3, 0.4) is 0 Å². The minimum atomic E-state index is -0.456. The summed E-state index contributed by atoms with van der Waals surface area (Å²) in [6.07, 6.45) is 4.51. The number of hydrogen-bond acceptors (Lipinski definition) is 5. The number of benzene rings is 1. The molecule has 110 valence electrons. The molecular formula is C13H9FN6OS. The van der Waals surface area contributed by atoms with Crippen LogP contribution in [0.4, 0.5) is 4.39 Å². The summed E-state index contributed by atoms with van der Waals surface area (Å²) in [6, 6.07) is 5.15. The molecule has 0 aliphatic heterocycles. The van der Waals surface area contributed by atoms with E-state index < -0.39 is 11.7 Å². The van der Waals surface area contributed by atoms with Crippen LogP contribution >= 0.6 is 12.2 Å². The van der Waals surface area contributed by atoms with Gasteiger partial charge >= 0.3 is 0 Å². The van der Waals surface area contributed by atoms with Crippen molar-refractivity contribution < 1.29 is 9.18 Å². The number of amides is 1. The number of aromatic nitrogens is 5. The lowest BCUT2D eigenvalue weighted by Crippen LogP contribution is -2.24. The Labute approximate surface area is 128 Å². The second-order valence-corrected chi connectivity index (χ2v) is 4.61. The van der Waals surface area contributed by atoms with Gasteiger partial charge in [-0.1, -0.05) is 0 Å². The Morgan fingerprint density at radius 2 is 2.05 bits per heavy atom. The van der Waals surface area contributed by atoms with Gasteiger partial charge in [-0.25, -0.2) is 19.1 Å². The summed E-state index contributed by atoms with van der Waals surface area (Å²) >= 11 is 5.08. The predicted octanol–water partition coefficient (Wildman–Crippen LogP) is 1.92. The highest BCUT2D eigenvalue weighted by atomic mass is 32.1. The highest BCUT2D eigenvalue weighted by Crippen LogP contribution is 2.12. The van der Waals surface area contributed by atoms with E-state index >= 15 is 0 Å². The van der Waals surface area contributed by atoms with Gasteiger partial charge in [-0.3, -0.25) is 15.2 Å². The van der Waals surface area contributed by atoms with E-state index in [1.807, 2.05) is 0 Å². The fourth-order valence-electron chi connectivity index (χ4n) is 1.75. The Bertz CT molecular complexity index is 858.